The molecule has 2 aromatic carbocycles. The molecular formula is C27H22FN5OS. The fraction of sp³-hybridized carbons (Fsp3) is 0.259. The van der Waals surface area contributed by atoms with Crippen LogP contribution in [0.5, 0.6) is 0 Å². The maximum absolute atomic E-state index is 14.1. The predicted octanol–water partition coefficient (Wildman–Crippen LogP) is 4.98. The van der Waals surface area contributed by atoms with E-state index in [1.54, 1.807) is 13.1 Å². The second-order valence-corrected chi connectivity index (χ2v) is 10.3. The van der Waals surface area contributed by atoms with Gasteiger partial charge in [-0.25, -0.2) is 4.39 Å². The molecule has 5 rings (SSSR count). The Hall–Kier alpha value is -4.01. The number of hydrogen-bond acceptors (Lipinski definition) is 5. The normalized spacial score (nSPS) is 22.8. The zero-order valence-corrected chi connectivity index (χ0v) is 20.0. The molecule has 3 aromatic rings. The average Bonchev–Trinajstić information content (AvgIpc) is 3.49. The van der Waals surface area contributed by atoms with E-state index in [1.807, 2.05) is 48.7 Å². The van der Waals surface area contributed by atoms with Crippen LogP contribution < -0.4 is 5.32 Å². The number of rotatable bonds is 4. The molecule has 35 heavy (non-hydrogen) atoms. The highest BCUT2D eigenvalue weighted by molar-refractivity contribution is 7.10. The molecule has 2 heterocycles. The summed E-state index contributed by atoms with van der Waals surface area (Å²) in [6.45, 7) is 1.89. The second kappa shape index (κ2) is 8.04. The molecule has 1 amide bonds. The summed E-state index contributed by atoms with van der Waals surface area (Å²) in [5.74, 6) is -1.32. The Morgan fingerprint density at radius 1 is 1.14 bits per heavy atom. The Morgan fingerprint density at radius 2 is 1.86 bits per heavy atom. The molecule has 1 aromatic heterocycles. The molecule has 6 nitrogen and oxygen atoms in total. The van der Waals surface area contributed by atoms with Crippen LogP contribution in [0.4, 0.5) is 4.39 Å². The molecule has 0 radical (unpaired) electrons. The Morgan fingerprint density at radius 3 is 2.49 bits per heavy atom. The number of guanidine groups is 1. The molecule has 1 aliphatic carbocycles. The maximum Gasteiger partial charge on any atom is 0.239 e. The first-order valence-electron chi connectivity index (χ1n) is 11.2. The third-order valence-electron chi connectivity index (χ3n) is 7.10. The van der Waals surface area contributed by atoms with Gasteiger partial charge >= 0.3 is 0 Å². The lowest BCUT2D eigenvalue weighted by molar-refractivity contribution is -0.131. The molecule has 1 saturated heterocycles. The first kappa shape index (κ1) is 22.8. The van der Waals surface area contributed by atoms with Gasteiger partial charge in [-0.1, -0.05) is 24.3 Å². The lowest BCUT2D eigenvalue weighted by atomic mass is 9.76. The van der Waals surface area contributed by atoms with Crippen LogP contribution in [-0.2, 0) is 15.7 Å². The third kappa shape index (κ3) is 3.67. The molecule has 2 aliphatic rings. The van der Waals surface area contributed by atoms with Gasteiger partial charge in [0.05, 0.1) is 34.6 Å². The first-order chi connectivity index (χ1) is 16.7. The monoisotopic (exact) mass is 483 g/mol. The van der Waals surface area contributed by atoms with Crippen LogP contribution in [0.3, 0.4) is 0 Å². The van der Waals surface area contributed by atoms with Crippen molar-refractivity contribution in [1.29, 1.82) is 15.9 Å². The van der Waals surface area contributed by atoms with Crippen molar-refractivity contribution in [2.45, 2.75) is 36.6 Å². The quantitative estimate of drug-likeness (QED) is 0.546. The fourth-order valence-electron chi connectivity index (χ4n) is 4.80. The average molecular weight is 484 g/mol. The summed E-state index contributed by atoms with van der Waals surface area (Å²) in [6.07, 6.45) is 1.69. The zero-order chi connectivity index (χ0) is 25.0. The number of benzene rings is 2. The molecule has 8 heteroatoms. The van der Waals surface area contributed by atoms with E-state index in [-0.39, 0.29) is 17.4 Å². The van der Waals surface area contributed by atoms with Gasteiger partial charge in [-0.15, -0.1) is 11.3 Å². The molecular weight excluding hydrogens is 461 g/mol. The van der Waals surface area contributed by atoms with Crippen molar-refractivity contribution in [2.75, 3.05) is 7.05 Å². The molecule has 1 aliphatic heterocycles. The van der Waals surface area contributed by atoms with Crippen LogP contribution in [-0.4, -0.2) is 23.8 Å². The van der Waals surface area contributed by atoms with Crippen LogP contribution in [0.1, 0.15) is 47.3 Å². The van der Waals surface area contributed by atoms with Crippen LogP contribution in [0.15, 0.2) is 53.9 Å². The van der Waals surface area contributed by atoms with Crippen LogP contribution in [0.2, 0.25) is 0 Å². The van der Waals surface area contributed by atoms with Crippen molar-refractivity contribution < 1.29 is 9.18 Å². The Bertz CT molecular complexity index is 1440. The third-order valence-corrected chi connectivity index (χ3v) is 8.27. The van der Waals surface area contributed by atoms with E-state index in [9.17, 15) is 19.7 Å². The molecule has 2 fully saturated rings. The topological polar surface area (TPSA) is 104 Å². The van der Waals surface area contributed by atoms with E-state index >= 15 is 0 Å². The van der Waals surface area contributed by atoms with Gasteiger partial charge in [-0.05, 0) is 71.7 Å². The highest BCUT2D eigenvalue weighted by Gasteiger charge is 2.50. The van der Waals surface area contributed by atoms with Crippen molar-refractivity contribution >= 4 is 23.2 Å². The van der Waals surface area contributed by atoms with E-state index in [1.165, 1.54) is 28.4 Å². The Labute approximate surface area is 206 Å². The van der Waals surface area contributed by atoms with Crippen molar-refractivity contribution in [3.05, 3.63) is 81.3 Å². The highest BCUT2D eigenvalue weighted by atomic mass is 32.1. The maximum atomic E-state index is 14.1. The number of nitriles is 2. The minimum absolute atomic E-state index is 0.000689. The largest absolute Gasteiger partial charge is 0.345 e. The minimum atomic E-state index is -0.928. The number of nitrogens with zero attached hydrogens (tertiary/aromatic N) is 3. The number of halogens is 1. The van der Waals surface area contributed by atoms with Gasteiger partial charge in [-0.3, -0.25) is 15.1 Å². The first-order valence-corrected chi connectivity index (χ1v) is 12.0. The fourth-order valence-corrected chi connectivity index (χ4v) is 5.86. The van der Waals surface area contributed by atoms with Gasteiger partial charge in [0.25, 0.3) is 0 Å². The number of carbonyl (C=O) groups is 1. The van der Waals surface area contributed by atoms with Crippen molar-refractivity contribution in [3.8, 4) is 23.3 Å². The van der Waals surface area contributed by atoms with E-state index in [0.717, 1.165) is 34.4 Å². The van der Waals surface area contributed by atoms with Gasteiger partial charge in [0.1, 0.15) is 5.82 Å². The summed E-state index contributed by atoms with van der Waals surface area (Å²) in [5, 5.41) is 32.2. The van der Waals surface area contributed by atoms with E-state index in [4.69, 9.17) is 5.41 Å². The van der Waals surface area contributed by atoms with E-state index < -0.39 is 22.7 Å². The minimum Gasteiger partial charge on any atom is -0.345 e. The van der Waals surface area contributed by atoms with Crippen molar-refractivity contribution in [2.24, 2.45) is 0 Å². The smallest absolute Gasteiger partial charge is 0.239 e. The summed E-state index contributed by atoms with van der Waals surface area (Å²) in [5.41, 5.74) is 1.95. The SMILES string of the molecule is CN1C(=N)N[C@](C)(c2cc(-c3cc(F)cc(C#N)c3)cs2)[C@@H](c2ccc(C3(C#N)CC3)cc2)C1=O. The summed E-state index contributed by atoms with van der Waals surface area (Å²) < 4.78 is 14.1. The van der Waals surface area contributed by atoms with Gasteiger partial charge in [0.2, 0.25) is 5.91 Å². The number of likely N-dealkylation sites (N-methyl/N-ethyl adjacent to an activating group) is 1. The van der Waals surface area contributed by atoms with E-state index in [2.05, 4.69) is 11.4 Å². The molecule has 0 spiro atoms. The molecule has 174 valence electrons. The lowest BCUT2D eigenvalue weighted by Crippen LogP contribution is -2.62. The molecule has 1 saturated carbocycles. The van der Waals surface area contributed by atoms with Gasteiger partial charge in [0, 0.05) is 11.9 Å². The number of nitrogens with one attached hydrogen (secondary N) is 2. The lowest BCUT2D eigenvalue weighted by Gasteiger charge is -2.45. The van der Waals surface area contributed by atoms with Crippen LogP contribution in [0.25, 0.3) is 11.1 Å². The summed E-state index contributed by atoms with van der Waals surface area (Å²) in [6, 6.07) is 18.1. The van der Waals surface area contributed by atoms with Gasteiger partial charge < -0.3 is 5.32 Å². The number of amides is 1. The number of hydrogen-bond donors (Lipinski definition) is 2. The van der Waals surface area contributed by atoms with Gasteiger partial charge in [0.15, 0.2) is 5.96 Å². The Kier molecular flexibility index (Phi) is 5.23. The standard InChI is InChI=1S/C27H22FN5OS/c1-26(22-12-19(14-35-22)18-9-16(13-29)10-21(28)11-18)23(24(34)33(2)25(31)32-26)17-3-5-20(6-4-17)27(15-30)7-8-27/h3-6,9-12,14,23H,7-8H2,1-2H3,(H2,31,32)/t23-,26+/m0/s1. The Balaban J connectivity index is 1.57. The van der Waals surface area contributed by atoms with Crippen LogP contribution in [0, 0.1) is 33.9 Å². The predicted molar refractivity (Wildman–Crippen MR) is 131 cm³/mol. The van der Waals surface area contributed by atoms with Gasteiger partial charge in [-0.2, -0.15) is 10.5 Å². The van der Waals surface area contributed by atoms with Crippen LogP contribution >= 0.6 is 11.3 Å². The summed E-state index contributed by atoms with van der Waals surface area (Å²) >= 11 is 1.42. The molecule has 0 unspecified atom stereocenters. The zero-order valence-electron chi connectivity index (χ0n) is 19.2. The summed E-state index contributed by atoms with van der Waals surface area (Å²) in [7, 11) is 1.57. The summed E-state index contributed by atoms with van der Waals surface area (Å²) in [4.78, 5) is 15.6. The number of thiophene rings is 1. The second-order valence-electron chi connectivity index (χ2n) is 9.36. The molecule has 2 N–H and O–H groups in total. The van der Waals surface area contributed by atoms with Crippen molar-refractivity contribution in [3.63, 3.8) is 0 Å². The molecule has 2 atom stereocenters. The molecule has 0 bridgehead atoms. The van der Waals surface area contributed by atoms with E-state index in [0.29, 0.717) is 5.56 Å². The van der Waals surface area contributed by atoms with Crippen molar-refractivity contribution in [1.82, 2.24) is 10.2 Å². The number of carbonyl (C=O) groups excluding carboxylic acids is 1. The highest BCUT2D eigenvalue weighted by Crippen LogP contribution is 2.49.